The van der Waals surface area contributed by atoms with E-state index in [-0.39, 0.29) is 0 Å². The molecule has 0 aliphatic heterocycles. The summed E-state index contributed by atoms with van der Waals surface area (Å²) >= 11 is 7.00. The maximum Gasteiger partial charge on any atom is 0.207 e. The maximum atomic E-state index is 5.67. The molecule has 1 aromatic carbocycles. The van der Waals surface area contributed by atoms with Crippen LogP contribution in [0.1, 0.15) is 17.5 Å². The second-order valence-corrected chi connectivity index (χ2v) is 4.88. The van der Waals surface area contributed by atoms with E-state index in [2.05, 4.69) is 29.3 Å². The van der Waals surface area contributed by atoms with E-state index in [0.717, 1.165) is 17.2 Å². The third-order valence-electron chi connectivity index (χ3n) is 2.14. The number of benzene rings is 1. The van der Waals surface area contributed by atoms with Gasteiger partial charge in [-0.25, -0.2) is 0 Å². The van der Waals surface area contributed by atoms with E-state index >= 15 is 0 Å². The number of hydrogen-bond donors (Lipinski definition) is 0. The van der Waals surface area contributed by atoms with Gasteiger partial charge in [-0.3, -0.25) is 0 Å². The van der Waals surface area contributed by atoms with Gasteiger partial charge in [0.25, 0.3) is 0 Å². The van der Waals surface area contributed by atoms with Gasteiger partial charge in [-0.1, -0.05) is 30.4 Å². The lowest BCUT2D eigenvalue weighted by Gasteiger charge is -2.04. The molecule has 0 saturated carbocycles. The van der Waals surface area contributed by atoms with Crippen LogP contribution in [-0.2, 0) is 13.0 Å². The van der Waals surface area contributed by atoms with E-state index in [1.165, 1.54) is 16.9 Å². The van der Waals surface area contributed by atoms with Gasteiger partial charge in [0.05, 0.1) is 0 Å². The van der Waals surface area contributed by atoms with Crippen molar-refractivity contribution in [3.05, 3.63) is 39.3 Å². The van der Waals surface area contributed by atoms with Crippen LogP contribution in [0.5, 0.6) is 5.75 Å². The number of rotatable bonds is 4. The summed E-state index contributed by atoms with van der Waals surface area (Å²) in [5, 5.41) is 8.37. The topological polar surface area (TPSA) is 35.0 Å². The van der Waals surface area contributed by atoms with Crippen LogP contribution in [0.25, 0.3) is 0 Å². The molecule has 0 saturated heterocycles. The van der Waals surface area contributed by atoms with Crippen molar-refractivity contribution in [2.24, 2.45) is 0 Å². The molecular formula is C11H11ClN2OS. The van der Waals surface area contributed by atoms with Gasteiger partial charge in [0.15, 0.2) is 5.01 Å². The average Bonchev–Trinajstić information content (AvgIpc) is 2.73. The fourth-order valence-electron chi connectivity index (χ4n) is 1.26. The van der Waals surface area contributed by atoms with Gasteiger partial charge in [-0.05, 0) is 35.7 Å². The summed E-state index contributed by atoms with van der Waals surface area (Å²) in [4.78, 5) is 0. The van der Waals surface area contributed by atoms with Crippen LogP contribution in [0.4, 0.5) is 0 Å². The zero-order valence-corrected chi connectivity index (χ0v) is 10.4. The van der Waals surface area contributed by atoms with Crippen molar-refractivity contribution in [2.45, 2.75) is 20.0 Å². The van der Waals surface area contributed by atoms with Crippen LogP contribution < -0.4 is 4.74 Å². The Morgan fingerprint density at radius 1 is 1.25 bits per heavy atom. The molecule has 2 aromatic rings. The van der Waals surface area contributed by atoms with Gasteiger partial charge in [-0.15, -0.1) is 10.2 Å². The highest BCUT2D eigenvalue weighted by molar-refractivity contribution is 7.15. The minimum atomic E-state index is 0.413. The lowest BCUT2D eigenvalue weighted by molar-refractivity contribution is 0.304. The first-order valence-corrected chi connectivity index (χ1v) is 6.17. The van der Waals surface area contributed by atoms with E-state index < -0.39 is 0 Å². The smallest absolute Gasteiger partial charge is 0.207 e. The normalized spacial score (nSPS) is 10.4. The maximum absolute atomic E-state index is 5.67. The second-order valence-electron chi connectivity index (χ2n) is 3.23. The predicted octanol–water partition coefficient (Wildman–Crippen LogP) is 3.33. The Morgan fingerprint density at radius 3 is 2.56 bits per heavy atom. The summed E-state index contributed by atoms with van der Waals surface area (Å²) in [6, 6.07) is 8.04. The third kappa shape index (κ3) is 2.93. The molecular weight excluding hydrogens is 244 g/mol. The number of hydrogen-bond acceptors (Lipinski definition) is 4. The van der Waals surface area contributed by atoms with Gasteiger partial charge < -0.3 is 4.74 Å². The lowest BCUT2D eigenvalue weighted by atomic mass is 10.2. The minimum absolute atomic E-state index is 0.413. The largest absolute Gasteiger partial charge is 0.486 e. The molecule has 84 valence electrons. The molecule has 3 nitrogen and oxygen atoms in total. The molecule has 1 heterocycles. The highest BCUT2D eigenvalue weighted by Crippen LogP contribution is 2.18. The van der Waals surface area contributed by atoms with Crippen LogP contribution in [0.3, 0.4) is 0 Å². The van der Waals surface area contributed by atoms with Crippen LogP contribution in [0, 0.1) is 0 Å². The number of aryl methyl sites for hydroxylation is 1. The summed E-state index contributed by atoms with van der Waals surface area (Å²) in [5.74, 6) is 0.837. The summed E-state index contributed by atoms with van der Waals surface area (Å²) in [6.45, 7) is 2.54. The van der Waals surface area contributed by atoms with Crippen LogP contribution in [0.15, 0.2) is 24.3 Å². The molecule has 0 aliphatic rings. The Bertz CT molecular complexity index is 455. The monoisotopic (exact) mass is 254 g/mol. The molecule has 0 bridgehead atoms. The average molecular weight is 255 g/mol. The quantitative estimate of drug-likeness (QED) is 0.840. The summed E-state index contributed by atoms with van der Waals surface area (Å²) in [7, 11) is 0. The molecule has 0 atom stereocenters. The van der Waals surface area contributed by atoms with Crippen molar-refractivity contribution in [2.75, 3.05) is 0 Å². The molecule has 0 N–H and O–H groups in total. The van der Waals surface area contributed by atoms with Crippen molar-refractivity contribution >= 4 is 22.9 Å². The molecule has 0 aliphatic carbocycles. The summed E-state index contributed by atoms with van der Waals surface area (Å²) in [5.41, 5.74) is 1.30. The Balaban J connectivity index is 1.94. The molecule has 0 unspecified atom stereocenters. The van der Waals surface area contributed by atoms with Gasteiger partial charge in [-0.2, -0.15) is 0 Å². The SMILES string of the molecule is CCc1ccc(OCc2nnc(Cl)s2)cc1. The summed E-state index contributed by atoms with van der Waals surface area (Å²) < 4.78 is 6.00. The Hall–Kier alpha value is -1.13. The zero-order valence-electron chi connectivity index (χ0n) is 8.81. The van der Waals surface area contributed by atoms with E-state index in [1.54, 1.807) is 0 Å². The van der Waals surface area contributed by atoms with Crippen molar-refractivity contribution in [3.8, 4) is 5.75 Å². The predicted molar refractivity (Wildman–Crippen MR) is 65.1 cm³/mol. The van der Waals surface area contributed by atoms with Crippen LogP contribution in [-0.4, -0.2) is 10.2 Å². The fraction of sp³-hybridized carbons (Fsp3) is 0.273. The van der Waals surface area contributed by atoms with E-state index in [4.69, 9.17) is 16.3 Å². The second kappa shape index (κ2) is 5.27. The van der Waals surface area contributed by atoms with Crippen molar-refractivity contribution in [1.82, 2.24) is 10.2 Å². The van der Waals surface area contributed by atoms with Gasteiger partial charge in [0.1, 0.15) is 12.4 Å². The van der Waals surface area contributed by atoms with E-state index in [1.807, 2.05) is 12.1 Å². The molecule has 5 heteroatoms. The van der Waals surface area contributed by atoms with Crippen molar-refractivity contribution in [1.29, 1.82) is 0 Å². The number of halogens is 1. The number of ether oxygens (including phenoxy) is 1. The third-order valence-corrected chi connectivity index (χ3v) is 3.13. The fourth-order valence-corrected chi connectivity index (χ4v) is 2.04. The lowest BCUT2D eigenvalue weighted by Crippen LogP contribution is -1.94. The summed E-state index contributed by atoms with van der Waals surface area (Å²) in [6.07, 6.45) is 1.03. The van der Waals surface area contributed by atoms with Gasteiger partial charge >= 0.3 is 0 Å². The number of aromatic nitrogens is 2. The van der Waals surface area contributed by atoms with Crippen molar-refractivity contribution < 1.29 is 4.74 Å². The van der Waals surface area contributed by atoms with Crippen LogP contribution >= 0.6 is 22.9 Å². The Labute approximate surface area is 103 Å². The molecule has 0 fully saturated rings. The number of nitrogens with zero attached hydrogens (tertiary/aromatic N) is 2. The molecule has 16 heavy (non-hydrogen) atoms. The molecule has 0 spiro atoms. The first-order chi connectivity index (χ1) is 7.78. The Kier molecular flexibility index (Phi) is 3.74. The first-order valence-electron chi connectivity index (χ1n) is 4.97. The first kappa shape index (κ1) is 11.4. The van der Waals surface area contributed by atoms with E-state index in [0.29, 0.717) is 11.1 Å². The minimum Gasteiger partial charge on any atom is -0.486 e. The highest BCUT2D eigenvalue weighted by Gasteiger charge is 2.02. The highest BCUT2D eigenvalue weighted by atomic mass is 35.5. The van der Waals surface area contributed by atoms with Gasteiger partial charge in [0, 0.05) is 0 Å². The van der Waals surface area contributed by atoms with E-state index in [9.17, 15) is 0 Å². The van der Waals surface area contributed by atoms with Crippen molar-refractivity contribution in [3.63, 3.8) is 0 Å². The molecule has 0 radical (unpaired) electrons. The Morgan fingerprint density at radius 2 is 2.00 bits per heavy atom. The van der Waals surface area contributed by atoms with Crippen LogP contribution in [0.2, 0.25) is 4.47 Å². The molecule has 0 amide bonds. The molecule has 2 rings (SSSR count). The zero-order chi connectivity index (χ0) is 11.4. The molecule has 1 aromatic heterocycles. The standard InChI is InChI=1S/C11H11ClN2OS/c1-2-8-3-5-9(6-4-8)15-7-10-13-14-11(12)16-10/h3-6H,2,7H2,1H3. The van der Waals surface area contributed by atoms with Gasteiger partial charge in [0.2, 0.25) is 4.47 Å².